The van der Waals surface area contributed by atoms with Gasteiger partial charge < -0.3 is 5.32 Å². The van der Waals surface area contributed by atoms with Crippen LogP contribution in [0, 0.1) is 0 Å². The van der Waals surface area contributed by atoms with E-state index in [-0.39, 0.29) is 0 Å². The number of nitrogens with zero attached hydrogens (tertiary/aromatic N) is 1. The molecule has 0 aliphatic rings. The molecule has 0 aliphatic carbocycles. The summed E-state index contributed by atoms with van der Waals surface area (Å²) in [6.45, 7) is 5.40. The summed E-state index contributed by atoms with van der Waals surface area (Å²) in [5.41, 5.74) is 0. The standard InChI is InChI=1S/C11H17ClN2S/c1-3-9(2)13-6-7-15-11-5-4-10(12)8-14-11/h4-5,8-9,13H,3,6-7H2,1-2H3. The molecule has 1 rings (SSSR count). The molecule has 2 nitrogen and oxygen atoms in total. The third-order valence-electron chi connectivity index (χ3n) is 2.16. The van der Waals surface area contributed by atoms with E-state index in [1.165, 1.54) is 6.42 Å². The molecule has 1 heterocycles. The van der Waals surface area contributed by atoms with Gasteiger partial charge in [0, 0.05) is 24.5 Å². The Balaban J connectivity index is 2.17. The molecule has 0 aliphatic heterocycles. The van der Waals surface area contributed by atoms with Gasteiger partial charge in [0.1, 0.15) is 0 Å². The first-order valence-electron chi connectivity index (χ1n) is 5.20. The highest BCUT2D eigenvalue weighted by molar-refractivity contribution is 7.99. The highest BCUT2D eigenvalue weighted by Gasteiger charge is 1.98. The lowest BCUT2D eigenvalue weighted by Crippen LogP contribution is -2.27. The highest BCUT2D eigenvalue weighted by atomic mass is 35.5. The number of aromatic nitrogens is 1. The maximum absolute atomic E-state index is 5.75. The second-order valence-corrected chi connectivity index (χ2v) is 4.98. The Bertz CT molecular complexity index is 276. The lowest BCUT2D eigenvalue weighted by molar-refractivity contribution is 0.555. The normalized spacial score (nSPS) is 12.7. The van der Waals surface area contributed by atoms with Gasteiger partial charge in [-0.1, -0.05) is 18.5 Å². The van der Waals surface area contributed by atoms with Crippen molar-refractivity contribution in [2.75, 3.05) is 12.3 Å². The number of hydrogen-bond acceptors (Lipinski definition) is 3. The molecule has 0 radical (unpaired) electrons. The smallest absolute Gasteiger partial charge is 0.0961 e. The topological polar surface area (TPSA) is 24.9 Å². The quantitative estimate of drug-likeness (QED) is 0.615. The zero-order chi connectivity index (χ0) is 11.1. The number of thioether (sulfide) groups is 1. The van der Waals surface area contributed by atoms with Gasteiger partial charge in [0.15, 0.2) is 0 Å². The maximum atomic E-state index is 5.75. The van der Waals surface area contributed by atoms with E-state index in [0.717, 1.165) is 17.3 Å². The van der Waals surface area contributed by atoms with Gasteiger partial charge in [-0.25, -0.2) is 4.98 Å². The molecule has 4 heteroatoms. The van der Waals surface area contributed by atoms with Crippen LogP contribution in [0.2, 0.25) is 5.02 Å². The first-order valence-corrected chi connectivity index (χ1v) is 6.56. The van der Waals surface area contributed by atoms with Crippen molar-refractivity contribution in [1.82, 2.24) is 10.3 Å². The molecule has 15 heavy (non-hydrogen) atoms. The van der Waals surface area contributed by atoms with Crippen LogP contribution in [0.1, 0.15) is 20.3 Å². The van der Waals surface area contributed by atoms with Gasteiger partial charge in [0.05, 0.1) is 10.0 Å². The van der Waals surface area contributed by atoms with E-state index in [1.54, 1.807) is 18.0 Å². The lowest BCUT2D eigenvalue weighted by atomic mass is 10.3. The third kappa shape index (κ3) is 5.40. The lowest BCUT2D eigenvalue weighted by Gasteiger charge is -2.10. The Labute approximate surface area is 101 Å². The van der Waals surface area contributed by atoms with Crippen molar-refractivity contribution >= 4 is 23.4 Å². The van der Waals surface area contributed by atoms with Gasteiger partial charge >= 0.3 is 0 Å². The summed E-state index contributed by atoms with van der Waals surface area (Å²) < 4.78 is 0. The van der Waals surface area contributed by atoms with Gasteiger partial charge in [-0.15, -0.1) is 11.8 Å². The van der Waals surface area contributed by atoms with E-state index < -0.39 is 0 Å². The number of hydrogen-bond donors (Lipinski definition) is 1. The molecule has 0 fully saturated rings. The van der Waals surface area contributed by atoms with E-state index in [4.69, 9.17) is 11.6 Å². The SMILES string of the molecule is CCC(C)NCCSc1ccc(Cl)cn1. The minimum atomic E-state index is 0.601. The summed E-state index contributed by atoms with van der Waals surface area (Å²) in [5.74, 6) is 1.04. The maximum Gasteiger partial charge on any atom is 0.0961 e. The van der Waals surface area contributed by atoms with E-state index in [2.05, 4.69) is 24.1 Å². The van der Waals surface area contributed by atoms with Crippen molar-refractivity contribution in [1.29, 1.82) is 0 Å². The third-order valence-corrected chi connectivity index (χ3v) is 3.33. The van der Waals surface area contributed by atoms with Crippen molar-refractivity contribution in [3.63, 3.8) is 0 Å². The van der Waals surface area contributed by atoms with Gasteiger partial charge in [-0.3, -0.25) is 0 Å². The van der Waals surface area contributed by atoms with Gasteiger partial charge in [0.25, 0.3) is 0 Å². The average Bonchev–Trinajstić information content (AvgIpc) is 2.26. The molecule has 0 spiro atoms. The van der Waals surface area contributed by atoms with E-state index in [0.29, 0.717) is 11.1 Å². The van der Waals surface area contributed by atoms with Gasteiger partial charge in [0.2, 0.25) is 0 Å². The Morgan fingerprint density at radius 2 is 2.33 bits per heavy atom. The Morgan fingerprint density at radius 3 is 2.93 bits per heavy atom. The van der Waals surface area contributed by atoms with E-state index in [9.17, 15) is 0 Å². The zero-order valence-corrected chi connectivity index (χ0v) is 10.7. The summed E-state index contributed by atoms with van der Waals surface area (Å²) >= 11 is 7.50. The second kappa shape index (κ2) is 7.09. The molecular formula is C11H17ClN2S. The molecule has 0 saturated heterocycles. The van der Waals surface area contributed by atoms with E-state index >= 15 is 0 Å². The summed E-state index contributed by atoms with van der Waals surface area (Å²) in [4.78, 5) is 4.22. The van der Waals surface area contributed by atoms with Crippen LogP contribution >= 0.6 is 23.4 Å². The molecule has 1 unspecified atom stereocenters. The van der Waals surface area contributed by atoms with Crippen LogP contribution in [-0.4, -0.2) is 23.3 Å². The molecule has 84 valence electrons. The van der Waals surface area contributed by atoms with Crippen molar-refractivity contribution in [2.24, 2.45) is 0 Å². The zero-order valence-electron chi connectivity index (χ0n) is 9.16. The Morgan fingerprint density at radius 1 is 1.53 bits per heavy atom. The number of halogens is 1. The average molecular weight is 245 g/mol. The fraction of sp³-hybridized carbons (Fsp3) is 0.545. The van der Waals surface area contributed by atoms with Crippen molar-refractivity contribution in [2.45, 2.75) is 31.3 Å². The van der Waals surface area contributed by atoms with Gasteiger partial charge in [-0.05, 0) is 25.5 Å². The number of pyridine rings is 1. The first-order chi connectivity index (χ1) is 7.22. The van der Waals surface area contributed by atoms with Crippen LogP contribution in [0.3, 0.4) is 0 Å². The molecule has 1 N–H and O–H groups in total. The fourth-order valence-electron chi connectivity index (χ4n) is 1.05. The summed E-state index contributed by atoms with van der Waals surface area (Å²) in [6, 6.07) is 4.43. The monoisotopic (exact) mass is 244 g/mol. The van der Waals surface area contributed by atoms with Crippen LogP contribution in [0.15, 0.2) is 23.4 Å². The van der Waals surface area contributed by atoms with Crippen molar-refractivity contribution < 1.29 is 0 Å². The molecule has 0 bridgehead atoms. The molecule has 1 aromatic rings. The van der Waals surface area contributed by atoms with Crippen LogP contribution in [0.4, 0.5) is 0 Å². The van der Waals surface area contributed by atoms with E-state index in [1.807, 2.05) is 12.1 Å². The Hall–Kier alpha value is -0.250. The first kappa shape index (κ1) is 12.8. The molecule has 1 atom stereocenters. The summed E-state index contributed by atoms with van der Waals surface area (Å²) in [6.07, 6.45) is 2.86. The van der Waals surface area contributed by atoms with Crippen LogP contribution in [0.5, 0.6) is 0 Å². The van der Waals surface area contributed by atoms with Crippen LogP contribution < -0.4 is 5.32 Å². The Kier molecular flexibility index (Phi) is 6.06. The van der Waals surface area contributed by atoms with Crippen LogP contribution in [0.25, 0.3) is 0 Å². The predicted octanol–water partition coefficient (Wildman–Crippen LogP) is 3.22. The summed E-state index contributed by atoms with van der Waals surface area (Å²) in [7, 11) is 0. The van der Waals surface area contributed by atoms with Crippen LogP contribution in [-0.2, 0) is 0 Å². The number of nitrogens with one attached hydrogen (secondary N) is 1. The molecule has 0 aromatic carbocycles. The van der Waals surface area contributed by atoms with Crippen molar-refractivity contribution in [3.8, 4) is 0 Å². The predicted molar refractivity (Wildman–Crippen MR) is 67.7 cm³/mol. The van der Waals surface area contributed by atoms with Gasteiger partial charge in [-0.2, -0.15) is 0 Å². The number of rotatable bonds is 6. The van der Waals surface area contributed by atoms with Crippen molar-refractivity contribution in [3.05, 3.63) is 23.4 Å². The highest BCUT2D eigenvalue weighted by Crippen LogP contribution is 2.16. The summed E-state index contributed by atoms with van der Waals surface area (Å²) in [5, 5.41) is 5.16. The minimum Gasteiger partial charge on any atom is -0.313 e. The second-order valence-electron chi connectivity index (χ2n) is 3.43. The molecule has 0 saturated carbocycles. The molecule has 1 aromatic heterocycles. The molecular weight excluding hydrogens is 228 g/mol. The largest absolute Gasteiger partial charge is 0.313 e. The minimum absolute atomic E-state index is 0.601. The fourth-order valence-corrected chi connectivity index (χ4v) is 1.89. The molecule has 0 amide bonds.